The molecule has 30 heavy (non-hydrogen) atoms. The van der Waals surface area contributed by atoms with Gasteiger partial charge in [0, 0.05) is 13.1 Å². The molecule has 0 unspecified atom stereocenters. The third-order valence-electron chi connectivity index (χ3n) is 6.26. The quantitative estimate of drug-likeness (QED) is 0.575. The number of carbonyl (C=O) groups excluding carboxylic acids is 3. The van der Waals surface area contributed by atoms with Crippen molar-refractivity contribution in [2.45, 2.75) is 43.7 Å². The SMILES string of the molecule is CSCC[C@H](N)C(=O)C1(N)C(=O)N(CC2CC2)c2ccccc2N(CC2CC2)C1=O. The van der Waals surface area contributed by atoms with Crippen LogP contribution in [0.1, 0.15) is 32.1 Å². The number of anilines is 2. The molecule has 3 aliphatic rings. The van der Waals surface area contributed by atoms with Crippen molar-refractivity contribution in [2.75, 3.05) is 34.9 Å². The lowest BCUT2D eigenvalue weighted by Crippen LogP contribution is -2.71. The van der Waals surface area contributed by atoms with Gasteiger partial charge in [-0.3, -0.25) is 14.4 Å². The predicted octanol–water partition coefficient (Wildman–Crippen LogP) is 1.53. The molecule has 1 aromatic carbocycles. The zero-order valence-electron chi connectivity index (χ0n) is 17.4. The summed E-state index contributed by atoms with van der Waals surface area (Å²) in [4.78, 5) is 44.0. The van der Waals surface area contributed by atoms with E-state index in [-0.39, 0.29) is 0 Å². The van der Waals surface area contributed by atoms with E-state index in [4.69, 9.17) is 11.5 Å². The number of thioether (sulfide) groups is 1. The van der Waals surface area contributed by atoms with E-state index < -0.39 is 29.2 Å². The van der Waals surface area contributed by atoms with Crippen LogP contribution in [0.5, 0.6) is 0 Å². The molecule has 1 aromatic rings. The Morgan fingerprint density at radius 1 is 1.07 bits per heavy atom. The number of nitrogens with two attached hydrogens (primary N) is 2. The van der Waals surface area contributed by atoms with Gasteiger partial charge < -0.3 is 21.3 Å². The minimum Gasteiger partial charge on any atom is -0.321 e. The lowest BCUT2D eigenvalue weighted by molar-refractivity contribution is -0.142. The molecular formula is C22H30N4O3S. The zero-order chi connectivity index (χ0) is 21.5. The number of rotatable bonds is 9. The fourth-order valence-corrected chi connectivity index (χ4v) is 4.51. The Morgan fingerprint density at radius 3 is 1.93 bits per heavy atom. The maximum Gasteiger partial charge on any atom is 0.264 e. The monoisotopic (exact) mass is 430 g/mol. The van der Waals surface area contributed by atoms with Crippen molar-refractivity contribution < 1.29 is 14.4 Å². The van der Waals surface area contributed by atoms with Crippen LogP contribution in [0.15, 0.2) is 24.3 Å². The summed E-state index contributed by atoms with van der Waals surface area (Å²) in [7, 11) is 0. The molecule has 7 nitrogen and oxygen atoms in total. The average Bonchev–Trinajstić information content (AvgIpc) is 3.67. The second-order valence-electron chi connectivity index (χ2n) is 8.77. The standard InChI is InChI=1S/C22H30N4O3S/c1-30-11-10-16(23)19(27)22(24)20(28)25(12-14-6-7-14)17-4-2-3-5-18(17)26(21(22)29)13-15-8-9-15/h2-5,14-16H,6-13,23-24H2,1H3/t16-/m0/s1. The Kier molecular flexibility index (Phi) is 5.92. The van der Waals surface area contributed by atoms with Gasteiger partial charge in [-0.05, 0) is 68.1 Å². The molecule has 0 radical (unpaired) electrons. The van der Waals surface area contributed by atoms with Gasteiger partial charge in [-0.15, -0.1) is 0 Å². The summed E-state index contributed by atoms with van der Waals surface area (Å²) in [6.07, 6.45) is 6.42. The molecule has 0 bridgehead atoms. The van der Waals surface area contributed by atoms with Gasteiger partial charge in [-0.2, -0.15) is 11.8 Å². The number of fused-ring (bicyclic) bond motifs is 1. The first-order chi connectivity index (χ1) is 14.4. The smallest absolute Gasteiger partial charge is 0.264 e. The fourth-order valence-electron chi connectivity index (χ4n) is 4.02. The topological polar surface area (TPSA) is 110 Å². The highest BCUT2D eigenvalue weighted by molar-refractivity contribution is 7.98. The van der Waals surface area contributed by atoms with Crippen molar-refractivity contribution >= 4 is 40.7 Å². The molecule has 1 heterocycles. The van der Waals surface area contributed by atoms with Gasteiger partial charge in [0.1, 0.15) is 0 Å². The van der Waals surface area contributed by atoms with Crippen LogP contribution in [-0.2, 0) is 14.4 Å². The highest BCUT2D eigenvalue weighted by atomic mass is 32.2. The van der Waals surface area contributed by atoms with Crippen molar-refractivity contribution in [2.24, 2.45) is 23.3 Å². The van der Waals surface area contributed by atoms with Crippen molar-refractivity contribution in [1.82, 2.24) is 0 Å². The molecule has 0 aromatic heterocycles. The highest BCUT2D eigenvalue weighted by Crippen LogP contribution is 2.41. The van der Waals surface area contributed by atoms with Crippen molar-refractivity contribution in [3.63, 3.8) is 0 Å². The molecule has 1 atom stereocenters. The first-order valence-corrected chi connectivity index (χ1v) is 12.1. The molecule has 2 saturated carbocycles. The third-order valence-corrected chi connectivity index (χ3v) is 6.91. The van der Waals surface area contributed by atoms with Crippen LogP contribution in [-0.4, -0.2) is 54.3 Å². The van der Waals surface area contributed by atoms with Gasteiger partial charge in [0.25, 0.3) is 11.8 Å². The summed E-state index contributed by atoms with van der Waals surface area (Å²) >= 11 is 1.56. The van der Waals surface area contributed by atoms with Crippen molar-refractivity contribution in [3.8, 4) is 0 Å². The maximum atomic E-state index is 13.7. The van der Waals surface area contributed by atoms with E-state index in [1.807, 2.05) is 30.5 Å². The van der Waals surface area contributed by atoms with Crippen molar-refractivity contribution in [1.29, 1.82) is 0 Å². The highest BCUT2D eigenvalue weighted by Gasteiger charge is 2.57. The molecule has 0 spiro atoms. The van der Waals surface area contributed by atoms with E-state index in [0.717, 1.165) is 25.7 Å². The lowest BCUT2D eigenvalue weighted by Gasteiger charge is -2.32. The van der Waals surface area contributed by atoms with Crippen LogP contribution in [0.4, 0.5) is 11.4 Å². The first kappa shape index (κ1) is 21.3. The molecule has 162 valence electrons. The number of hydrogen-bond donors (Lipinski definition) is 2. The molecular weight excluding hydrogens is 400 g/mol. The number of hydrogen-bond acceptors (Lipinski definition) is 6. The fraction of sp³-hybridized carbons (Fsp3) is 0.591. The number of amides is 2. The normalized spacial score (nSPS) is 22.0. The van der Waals surface area contributed by atoms with E-state index in [2.05, 4.69) is 0 Å². The number of para-hydroxylation sites is 2. The minimum atomic E-state index is -2.29. The van der Waals surface area contributed by atoms with Crippen LogP contribution >= 0.6 is 11.8 Å². The number of Topliss-reactive ketones (excluding diaryl/α,β-unsaturated/α-hetero) is 1. The second kappa shape index (κ2) is 8.32. The molecule has 1 aliphatic heterocycles. The third kappa shape index (κ3) is 3.88. The Morgan fingerprint density at radius 2 is 1.53 bits per heavy atom. The summed E-state index contributed by atoms with van der Waals surface area (Å²) < 4.78 is 0. The molecule has 2 aliphatic carbocycles. The minimum absolute atomic E-state index is 0.372. The summed E-state index contributed by atoms with van der Waals surface area (Å²) in [5.41, 5.74) is 11.6. The van der Waals surface area contributed by atoms with Gasteiger partial charge in [-0.25, -0.2) is 0 Å². The molecule has 4 rings (SSSR count). The van der Waals surface area contributed by atoms with Gasteiger partial charge in [-0.1, -0.05) is 12.1 Å². The van der Waals surface area contributed by atoms with Gasteiger partial charge in [0.2, 0.25) is 5.54 Å². The van der Waals surface area contributed by atoms with E-state index >= 15 is 0 Å². The van der Waals surface area contributed by atoms with Crippen LogP contribution < -0.4 is 21.3 Å². The van der Waals surface area contributed by atoms with Crippen LogP contribution in [0.3, 0.4) is 0 Å². The Labute approximate surface area is 181 Å². The second-order valence-corrected chi connectivity index (χ2v) is 9.75. The number of ketones is 1. The number of carbonyl (C=O) groups is 3. The first-order valence-electron chi connectivity index (χ1n) is 10.7. The molecule has 0 saturated heterocycles. The number of benzene rings is 1. The Bertz CT molecular complexity index is 800. The molecule has 2 fully saturated rings. The Hall–Kier alpha value is -1.90. The molecule has 8 heteroatoms. The summed E-state index contributed by atoms with van der Waals surface area (Å²) in [6.45, 7) is 0.930. The predicted molar refractivity (Wildman–Crippen MR) is 119 cm³/mol. The van der Waals surface area contributed by atoms with E-state index in [0.29, 0.717) is 48.5 Å². The van der Waals surface area contributed by atoms with E-state index in [1.54, 1.807) is 21.6 Å². The zero-order valence-corrected chi connectivity index (χ0v) is 18.2. The lowest BCUT2D eigenvalue weighted by atomic mass is 9.86. The van der Waals surface area contributed by atoms with E-state index in [9.17, 15) is 14.4 Å². The Balaban J connectivity index is 1.78. The molecule has 2 amide bonds. The summed E-state index contributed by atoms with van der Waals surface area (Å²) in [5, 5.41) is 0. The van der Waals surface area contributed by atoms with Crippen LogP contribution in [0.2, 0.25) is 0 Å². The van der Waals surface area contributed by atoms with Crippen molar-refractivity contribution in [3.05, 3.63) is 24.3 Å². The van der Waals surface area contributed by atoms with E-state index in [1.165, 1.54) is 0 Å². The van der Waals surface area contributed by atoms with Gasteiger partial charge >= 0.3 is 0 Å². The van der Waals surface area contributed by atoms with Crippen LogP contribution in [0, 0.1) is 11.8 Å². The van der Waals surface area contributed by atoms with Gasteiger partial charge in [0.15, 0.2) is 5.78 Å². The molecule has 4 N–H and O–H groups in total. The largest absolute Gasteiger partial charge is 0.321 e. The van der Waals surface area contributed by atoms with Gasteiger partial charge in [0.05, 0.1) is 17.4 Å². The van der Waals surface area contributed by atoms with Crippen LogP contribution in [0.25, 0.3) is 0 Å². The summed E-state index contributed by atoms with van der Waals surface area (Å²) in [6, 6.07) is 6.42. The summed E-state index contributed by atoms with van der Waals surface area (Å²) in [5.74, 6) is -0.568. The average molecular weight is 431 g/mol. The maximum absolute atomic E-state index is 13.7. The number of nitrogens with zero attached hydrogens (tertiary/aromatic N) is 2.